The van der Waals surface area contributed by atoms with Gasteiger partial charge in [-0.3, -0.25) is 9.59 Å². The molecule has 0 amide bonds. The fourth-order valence-corrected chi connectivity index (χ4v) is 1.87. The smallest absolute Gasteiger partial charge is 0.341 e. The maximum Gasteiger partial charge on any atom is 0.341 e. The minimum Gasteiger partial charge on any atom is -0.481 e. The Labute approximate surface area is 101 Å². The Hall–Kier alpha value is -2.63. The molecule has 0 saturated heterocycles. The van der Waals surface area contributed by atoms with Gasteiger partial charge in [0.05, 0.1) is 6.42 Å². The normalized spacial score (nSPS) is 10.4. The van der Waals surface area contributed by atoms with Crippen LogP contribution in [-0.2, 0) is 11.2 Å². The number of carbonyl (C=O) groups is 2. The van der Waals surface area contributed by atoms with Crippen LogP contribution in [-0.4, -0.2) is 27.1 Å². The molecule has 18 heavy (non-hydrogen) atoms. The van der Waals surface area contributed by atoms with Crippen LogP contribution in [0, 0.1) is 0 Å². The molecular formula is C12H9NO5. The van der Waals surface area contributed by atoms with E-state index >= 15 is 0 Å². The molecule has 0 unspecified atom stereocenters. The number of benzene rings is 1. The van der Waals surface area contributed by atoms with Crippen molar-refractivity contribution < 1.29 is 19.8 Å². The maximum absolute atomic E-state index is 11.6. The molecule has 2 rings (SSSR count). The summed E-state index contributed by atoms with van der Waals surface area (Å²) in [6.07, 6.45) is -0.508. The lowest BCUT2D eigenvalue weighted by Gasteiger charge is -2.07. The first-order chi connectivity index (χ1) is 8.50. The van der Waals surface area contributed by atoms with Gasteiger partial charge in [-0.25, -0.2) is 4.79 Å². The highest BCUT2D eigenvalue weighted by atomic mass is 16.4. The molecule has 3 N–H and O–H groups in total. The number of hydrogen-bond donors (Lipinski definition) is 3. The molecule has 2 aromatic rings. The highest BCUT2D eigenvalue weighted by Gasteiger charge is 2.20. The lowest BCUT2D eigenvalue weighted by Crippen LogP contribution is -2.22. The number of fused-ring (bicyclic) bond motifs is 1. The summed E-state index contributed by atoms with van der Waals surface area (Å²) in [6, 6.07) is 6.49. The number of aromatic amines is 1. The molecule has 92 valence electrons. The van der Waals surface area contributed by atoms with Crippen molar-refractivity contribution >= 4 is 22.8 Å². The molecule has 0 aliphatic rings. The van der Waals surface area contributed by atoms with E-state index in [4.69, 9.17) is 10.2 Å². The number of nitrogens with one attached hydrogen (secondary N) is 1. The molecular weight excluding hydrogens is 238 g/mol. The topological polar surface area (TPSA) is 107 Å². The molecule has 1 aromatic heterocycles. The fourth-order valence-electron chi connectivity index (χ4n) is 1.87. The molecule has 0 atom stereocenters. The summed E-state index contributed by atoms with van der Waals surface area (Å²) in [7, 11) is 0. The monoisotopic (exact) mass is 247 g/mol. The SMILES string of the molecule is O=C(O)Cc1c(C(=O)O)c(=O)[nH]c2ccccc12. The lowest BCUT2D eigenvalue weighted by atomic mass is 10.0. The van der Waals surface area contributed by atoms with E-state index in [1.807, 2.05) is 0 Å². The Morgan fingerprint density at radius 1 is 1.17 bits per heavy atom. The van der Waals surface area contributed by atoms with Gasteiger partial charge in [-0.2, -0.15) is 0 Å². The van der Waals surface area contributed by atoms with E-state index in [1.54, 1.807) is 24.3 Å². The van der Waals surface area contributed by atoms with Crippen molar-refractivity contribution in [3.8, 4) is 0 Å². The van der Waals surface area contributed by atoms with Crippen molar-refractivity contribution in [2.75, 3.05) is 0 Å². The van der Waals surface area contributed by atoms with Gasteiger partial charge in [-0.15, -0.1) is 0 Å². The van der Waals surface area contributed by atoms with Gasteiger partial charge in [-0.1, -0.05) is 18.2 Å². The van der Waals surface area contributed by atoms with Crippen molar-refractivity contribution in [1.29, 1.82) is 0 Å². The van der Waals surface area contributed by atoms with Gasteiger partial charge in [0, 0.05) is 10.9 Å². The molecule has 0 aliphatic heterocycles. The highest BCUT2D eigenvalue weighted by molar-refractivity contribution is 5.97. The van der Waals surface area contributed by atoms with Crippen molar-refractivity contribution in [1.82, 2.24) is 4.98 Å². The van der Waals surface area contributed by atoms with E-state index in [9.17, 15) is 14.4 Å². The Kier molecular flexibility index (Phi) is 2.85. The maximum atomic E-state index is 11.6. The molecule has 0 bridgehead atoms. The van der Waals surface area contributed by atoms with E-state index in [1.165, 1.54) is 0 Å². The van der Waals surface area contributed by atoms with Crippen molar-refractivity contribution in [3.05, 3.63) is 45.7 Å². The Bertz CT molecular complexity index is 701. The zero-order valence-electron chi connectivity index (χ0n) is 9.14. The quantitative estimate of drug-likeness (QED) is 0.745. The minimum atomic E-state index is -1.43. The number of H-pyrrole nitrogens is 1. The fraction of sp³-hybridized carbons (Fsp3) is 0.0833. The summed E-state index contributed by atoms with van der Waals surface area (Å²) in [6.45, 7) is 0. The average molecular weight is 247 g/mol. The van der Waals surface area contributed by atoms with Crippen LogP contribution >= 0.6 is 0 Å². The minimum absolute atomic E-state index is 0.0225. The van der Waals surface area contributed by atoms with Crippen molar-refractivity contribution in [2.24, 2.45) is 0 Å². The number of para-hydroxylation sites is 1. The van der Waals surface area contributed by atoms with Crippen LogP contribution in [0.25, 0.3) is 10.9 Å². The van der Waals surface area contributed by atoms with Gasteiger partial charge in [0.1, 0.15) is 5.56 Å². The summed E-state index contributed by atoms with van der Waals surface area (Å²) in [5.74, 6) is -2.62. The highest BCUT2D eigenvalue weighted by Crippen LogP contribution is 2.18. The van der Waals surface area contributed by atoms with Crippen LogP contribution in [0.3, 0.4) is 0 Å². The average Bonchev–Trinajstić information content (AvgIpc) is 2.27. The second kappa shape index (κ2) is 4.33. The number of rotatable bonds is 3. The van der Waals surface area contributed by atoms with E-state index in [-0.39, 0.29) is 5.56 Å². The molecule has 1 heterocycles. The van der Waals surface area contributed by atoms with Gasteiger partial charge in [0.15, 0.2) is 0 Å². The molecule has 6 heteroatoms. The van der Waals surface area contributed by atoms with Crippen LogP contribution in [0.15, 0.2) is 29.1 Å². The molecule has 0 aliphatic carbocycles. The second-order valence-electron chi connectivity index (χ2n) is 3.73. The van der Waals surface area contributed by atoms with E-state index in [0.717, 1.165) is 0 Å². The molecule has 6 nitrogen and oxygen atoms in total. The zero-order chi connectivity index (χ0) is 13.3. The van der Waals surface area contributed by atoms with Crippen molar-refractivity contribution in [3.63, 3.8) is 0 Å². The summed E-state index contributed by atoms with van der Waals surface area (Å²) in [5.41, 5.74) is -0.869. The van der Waals surface area contributed by atoms with Gasteiger partial charge in [-0.05, 0) is 11.6 Å². The molecule has 0 spiro atoms. The summed E-state index contributed by atoms with van der Waals surface area (Å²) in [4.78, 5) is 35.9. The van der Waals surface area contributed by atoms with Gasteiger partial charge in [0.2, 0.25) is 0 Å². The van der Waals surface area contributed by atoms with E-state index in [0.29, 0.717) is 10.9 Å². The number of pyridine rings is 1. The van der Waals surface area contributed by atoms with E-state index < -0.39 is 29.5 Å². The summed E-state index contributed by atoms with van der Waals surface area (Å²) < 4.78 is 0. The molecule has 0 saturated carbocycles. The third-order valence-electron chi connectivity index (χ3n) is 2.57. The van der Waals surface area contributed by atoms with Crippen LogP contribution in [0.5, 0.6) is 0 Å². The Morgan fingerprint density at radius 2 is 1.83 bits per heavy atom. The first-order valence-corrected chi connectivity index (χ1v) is 5.09. The number of aromatic carboxylic acids is 1. The Balaban J connectivity index is 2.89. The number of hydrogen-bond acceptors (Lipinski definition) is 3. The number of carboxylic acid groups (broad SMARTS) is 2. The van der Waals surface area contributed by atoms with E-state index in [2.05, 4.69) is 4.98 Å². The van der Waals surface area contributed by atoms with Crippen LogP contribution in [0.2, 0.25) is 0 Å². The van der Waals surface area contributed by atoms with Crippen molar-refractivity contribution in [2.45, 2.75) is 6.42 Å². The largest absolute Gasteiger partial charge is 0.481 e. The first-order valence-electron chi connectivity index (χ1n) is 5.09. The predicted molar refractivity (Wildman–Crippen MR) is 62.9 cm³/mol. The second-order valence-corrected chi connectivity index (χ2v) is 3.73. The number of aliphatic carboxylic acids is 1. The van der Waals surface area contributed by atoms with Gasteiger partial charge in [0.25, 0.3) is 5.56 Å². The molecule has 0 fully saturated rings. The summed E-state index contributed by atoms with van der Waals surface area (Å²) in [5, 5.41) is 18.3. The molecule has 1 aromatic carbocycles. The van der Waals surface area contributed by atoms with Crippen LogP contribution in [0.1, 0.15) is 15.9 Å². The Morgan fingerprint density at radius 3 is 2.44 bits per heavy atom. The number of carboxylic acids is 2. The van der Waals surface area contributed by atoms with Crippen LogP contribution < -0.4 is 5.56 Å². The lowest BCUT2D eigenvalue weighted by molar-refractivity contribution is -0.136. The zero-order valence-corrected chi connectivity index (χ0v) is 9.14. The van der Waals surface area contributed by atoms with Crippen LogP contribution in [0.4, 0.5) is 0 Å². The summed E-state index contributed by atoms with van der Waals surface area (Å²) >= 11 is 0. The third-order valence-corrected chi connectivity index (χ3v) is 2.57. The van der Waals surface area contributed by atoms with Gasteiger partial charge >= 0.3 is 11.9 Å². The number of aromatic nitrogens is 1. The third kappa shape index (κ3) is 1.95. The van der Waals surface area contributed by atoms with Gasteiger partial charge < -0.3 is 15.2 Å². The predicted octanol–water partition coefficient (Wildman–Crippen LogP) is 0.853. The standard InChI is InChI=1S/C12H9NO5/c14-9(15)5-7-6-3-1-2-4-8(6)13-11(16)10(7)12(17)18/h1-4H,5H2,(H,13,16)(H,14,15)(H,17,18). The first kappa shape index (κ1) is 11.8. The molecule has 0 radical (unpaired) electrons.